The van der Waals surface area contributed by atoms with Crippen molar-refractivity contribution < 1.29 is 14.4 Å². The SMILES string of the molecule is O=[N+]([O-])c1ccc(-[n+]2ccc(-c3cc(-c4cccs4)sc3-c3ccc(-c4cccs4)s3)cc2)c([N+](=O)[O-])c1. The lowest BCUT2D eigenvalue weighted by atomic mass is 10.1. The fourth-order valence-corrected chi connectivity index (χ4v) is 8.07. The zero-order valence-electron chi connectivity index (χ0n) is 19.3. The molecule has 6 rings (SSSR count). The predicted octanol–water partition coefficient (Wildman–Crippen LogP) is 8.69. The Morgan fingerprint density at radius 3 is 1.97 bits per heavy atom. The van der Waals surface area contributed by atoms with Crippen LogP contribution in [0.2, 0.25) is 0 Å². The maximum absolute atomic E-state index is 11.6. The van der Waals surface area contributed by atoms with Gasteiger partial charge in [-0.3, -0.25) is 20.2 Å². The molecule has 0 aliphatic heterocycles. The number of aromatic nitrogens is 1. The first-order valence-corrected chi connectivity index (χ1v) is 14.6. The molecule has 0 aliphatic rings. The summed E-state index contributed by atoms with van der Waals surface area (Å²) in [6, 6.07) is 22.4. The molecular weight excluding hydrogens is 559 g/mol. The molecule has 0 bridgehead atoms. The van der Waals surface area contributed by atoms with Gasteiger partial charge in [0.2, 0.25) is 0 Å². The molecule has 0 unspecified atom stereocenters. The average molecular weight is 575 g/mol. The second-order valence-corrected chi connectivity index (χ2v) is 12.2. The Kier molecular flexibility index (Phi) is 6.42. The zero-order chi connectivity index (χ0) is 26.2. The van der Waals surface area contributed by atoms with Crippen molar-refractivity contribution in [2.45, 2.75) is 0 Å². The highest BCUT2D eigenvalue weighted by molar-refractivity contribution is 7.28. The molecule has 0 N–H and O–H groups in total. The summed E-state index contributed by atoms with van der Waals surface area (Å²) in [4.78, 5) is 28.7. The molecule has 0 spiro atoms. The van der Waals surface area contributed by atoms with Crippen LogP contribution in [0.4, 0.5) is 11.4 Å². The molecule has 0 aliphatic carbocycles. The highest BCUT2D eigenvalue weighted by Crippen LogP contribution is 2.47. The third-order valence-corrected chi connectivity index (χ3v) is 10.4. The second-order valence-electron chi connectivity index (χ2n) is 8.15. The molecule has 1 aromatic carbocycles. The Morgan fingerprint density at radius 2 is 1.34 bits per heavy atom. The van der Waals surface area contributed by atoms with E-state index in [1.54, 1.807) is 62.3 Å². The van der Waals surface area contributed by atoms with Crippen molar-refractivity contribution in [2.75, 3.05) is 0 Å². The van der Waals surface area contributed by atoms with E-state index >= 15 is 0 Å². The summed E-state index contributed by atoms with van der Waals surface area (Å²) in [6.07, 6.45) is 3.50. The van der Waals surface area contributed by atoms with Crippen LogP contribution < -0.4 is 4.57 Å². The Morgan fingerprint density at radius 1 is 0.658 bits per heavy atom. The molecular formula is C27H16N3O4S4+. The highest BCUT2D eigenvalue weighted by atomic mass is 32.1. The van der Waals surface area contributed by atoms with Crippen LogP contribution in [0.5, 0.6) is 0 Å². The van der Waals surface area contributed by atoms with Gasteiger partial charge in [-0.05, 0) is 46.7 Å². The summed E-state index contributed by atoms with van der Waals surface area (Å²) in [5, 5.41) is 26.9. The summed E-state index contributed by atoms with van der Waals surface area (Å²) < 4.78 is 1.61. The number of nitro benzene ring substituents is 2. The van der Waals surface area contributed by atoms with E-state index in [1.807, 2.05) is 18.2 Å². The van der Waals surface area contributed by atoms with Gasteiger partial charge < -0.3 is 0 Å². The van der Waals surface area contributed by atoms with Crippen molar-refractivity contribution in [1.29, 1.82) is 0 Å². The molecule has 0 fully saturated rings. The Bertz CT molecular complexity index is 1770. The van der Waals surface area contributed by atoms with E-state index in [2.05, 4.69) is 47.2 Å². The van der Waals surface area contributed by atoms with Crippen LogP contribution >= 0.6 is 45.3 Å². The van der Waals surface area contributed by atoms with Gasteiger partial charge in [-0.1, -0.05) is 12.1 Å². The summed E-state index contributed by atoms with van der Waals surface area (Å²) in [7, 11) is 0. The molecule has 0 atom stereocenters. The first-order chi connectivity index (χ1) is 18.5. The van der Waals surface area contributed by atoms with Crippen molar-refractivity contribution in [2.24, 2.45) is 0 Å². The monoisotopic (exact) mass is 574 g/mol. The van der Waals surface area contributed by atoms with Crippen molar-refractivity contribution >= 4 is 56.7 Å². The first-order valence-electron chi connectivity index (χ1n) is 11.2. The van der Waals surface area contributed by atoms with Gasteiger partial charge in [0.15, 0.2) is 12.4 Å². The van der Waals surface area contributed by atoms with E-state index in [4.69, 9.17) is 0 Å². The van der Waals surface area contributed by atoms with Gasteiger partial charge in [-0.2, -0.15) is 4.57 Å². The van der Waals surface area contributed by atoms with Crippen LogP contribution in [-0.2, 0) is 0 Å². The summed E-state index contributed by atoms with van der Waals surface area (Å²) in [5.74, 6) is 0. The van der Waals surface area contributed by atoms with Gasteiger partial charge in [0.05, 0.1) is 14.7 Å². The normalized spacial score (nSPS) is 11.1. The van der Waals surface area contributed by atoms with Crippen LogP contribution in [0.1, 0.15) is 0 Å². The fourth-order valence-electron chi connectivity index (χ4n) is 4.10. The standard InChI is InChI=1S/C27H16N3O4S4/c31-29(32)18-5-6-20(21(15-18)30(33)34)28-11-9-17(10-12-28)19-16-26(23-4-2-14-36-23)38-27(19)25-8-7-24(37-25)22-3-1-13-35-22/h1-16H/q+1. The van der Waals surface area contributed by atoms with Crippen LogP contribution in [0, 0.1) is 20.2 Å². The Labute approximate surface area is 232 Å². The Hall–Kier alpha value is -4.03. The molecule has 5 aromatic heterocycles. The lowest BCUT2D eigenvalue weighted by Crippen LogP contribution is -2.30. The topological polar surface area (TPSA) is 90.2 Å². The number of hydrogen-bond donors (Lipinski definition) is 0. The molecule has 0 amide bonds. The minimum absolute atomic E-state index is 0.260. The highest BCUT2D eigenvalue weighted by Gasteiger charge is 2.26. The van der Waals surface area contributed by atoms with E-state index in [9.17, 15) is 20.2 Å². The number of non-ortho nitro benzene ring substituents is 1. The largest absolute Gasteiger partial charge is 0.347 e. The van der Waals surface area contributed by atoms with E-state index < -0.39 is 9.85 Å². The fraction of sp³-hybridized carbons (Fsp3) is 0. The van der Waals surface area contributed by atoms with Gasteiger partial charge >= 0.3 is 5.69 Å². The van der Waals surface area contributed by atoms with Crippen molar-refractivity contribution in [3.8, 4) is 46.1 Å². The molecule has 38 heavy (non-hydrogen) atoms. The lowest BCUT2D eigenvalue weighted by Gasteiger charge is -2.03. The van der Waals surface area contributed by atoms with Gasteiger partial charge in [-0.15, -0.1) is 45.3 Å². The molecule has 0 saturated heterocycles. The number of thiophene rings is 4. The molecule has 7 nitrogen and oxygen atoms in total. The maximum atomic E-state index is 11.6. The third kappa shape index (κ3) is 4.56. The van der Waals surface area contributed by atoms with E-state index in [0.717, 1.165) is 17.2 Å². The average Bonchev–Trinajstić information content (AvgIpc) is 3.74. The third-order valence-electron chi connectivity index (χ3n) is 5.87. The van der Waals surface area contributed by atoms with Crippen molar-refractivity contribution in [3.05, 3.63) is 116 Å². The van der Waals surface area contributed by atoms with Crippen LogP contribution in [0.15, 0.2) is 96.0 Å². The minimum Gasteiger partial charge on any atom is -0.258 e. The smallest absolute Gasteiger partial charge is 0.258 e. The van der Waals surface area contributed by atoms with Crippen LogP contribution in [-0.4, -0.2) is 9.85 Å². The maximum Gasteiger partial charge on any atom is 0.347 e. The quantitative estimate of drug-likeness (QED) is 0.108. The molecule has 0 radical (unpaired) electrons. The number of pyridine rings is 1. The molecule has 0 saturated carbocycles. The van der Waals surface area contributed by atoms with Gasteiger partial charge in [0.1, 0.15) is 6.07 Å². The van der Waals surface area contributed by atoms with Crippen molar-refractivity contribution in [3.63, 3.8) is 0 Å². The van der Waals surface area contributed by atoms with Gasteiger partial charge in [0.25, 0.3) is 11.4 Å². The second kappa shape index (κ2) is 10.0. The molecule has 11 heteroatoms. The van der Waals surface area contributed by atoms with Crippen LogP contribution in [0.25, 0.3) is 46.1 Å². The molecule has 5 heterocycles. The van der Waals surface area contributed by atoms with Crippen molar-refractivity contribution in [1.82, 2.24) is 0 Å². The van der Waals surface area contributed by atoms with Gasteiger partial charge in [-0.25, -0.2) is 0 Å². The van der Waals surface area contributed by atoms with E-state index in [-0.39, 0.29) is 17.1 Å². The Balaban J connectivity index is 1.42. The summed E-state index contributed by atoms with van der Waals surface area (Å²) in [6.45, 7) is 0. The van der Waals surface area contributed by atoms with Gasteiger partial charge in [0, 0.05) is 54.2 Å². The number of nitro groups is 2. The summed E-state index contributed by atoms with van der Waals surface area (Å²) in [5.41, 5.74) is 1.68. The molecule has 6 aromatic rings. The number of benzene rings is 1. The zero-order valence-corrected chi connectivity index (χ0v) is 22.6. The predicted molar refractivity (Wildman–Crippen MR) is 155 cm³/mol. The molecule has 186 valence electrons. The van der Waals surface area contributed by atoms with E-state index in [1.165, 1.54) is 41.4 Å². The van der Waals surface area contributed by atoms with E-state index in [0.29, 0.717) is 0 Å². The number of nitrogens with zero attached hydrogens (tertiary/aromatic N) is 3. The number of hydrogen-bond acceptors (Lipinski definition) is 8. The van der Waals surface area contributed by atoms with Crippen LogP contribution in [0.3, 0.4) is 0 Å². The lowest BCUT2D eigenvalue weighted by molar-refractivity contribution is -0.600. The minimum atomic E-state index is -0.637. The summed E-state index contributed by atoms with van der Waals surface area (Å²) >= 11 is 6.93. The first kappa shape index (κ1) is 24.3. The number of rotatable bonds is 7.